The number of nitrogens with zero attached hydrogens (tertiary/aromatic N) is 1. The Morgan fingerprint density at radius 2 is 2.05 bits per heavy atom. The fourth-order valence-corrected chi connectivity index (χ4v) is 3.50. The molecule has 3 nitrogen and oxygen atoms in total. The van der Waals surface area contributed by atoms with Gasteiger partial charge >= 0.3 is 0 Å². The van der Waals surface area contributed by atoms with Crippen molar-refractivity contribution in [3.8, 4) is 5.75 Å². The van der Waals surface area contributed by atoms with E-state index in [4.69, 9.17) is 10.5 Å². The van der Waals surface area contributed by atoms with Crippen LogP contribution in [0.3, 0.4) is 0 Å². The summed E-state index contributed by atoms with van der Waals surface area (Å²) in [5.41, 5.74) is 7.59. The van der Waals surface area contributed by atoms with Crippen LogP contribution in [-0.2, 0) is 0 Å². The second-order valence-electron chi connectivity index (χ2n) is 6.27. The van der Waals surface area contributed by atoms with Gasteiger partial charge in [-0.25, -0.2) is 0 Å². The zero-order chi connectivity index (χ0) is 14.7. The van der Waals surface area contributed by atoms with Crippen molar-refractivity contribution in [2.24, 2.45) is 11.7 Å². The number of hydrogen-bond acceptors (Lipinski definition) is 3. The largest absolute Gasteiger partial charge is 0.497 e. The highest BCUT2D eigenvalue weighted by Crippen LogP contribution is 2.35. The lowest BCUT2D eigenvalue weighted by molar-refractivity contribution is 0.130. The van der Waals surface area contributed by atoms with Crippen LogP contribution >= 0.6 is 0 Å². The van der Waals surface area contributed by atoms with Crippen molar-refractivity contribution < 1.29 is 4.74 Å². The lowest BCUT2D eigenvalue weighted by Crippen LogP contribution is -2.44. The van der Waals surface area contributed by atoms with Gasteiger partial charge in [-0.05, 0) is 49.9 Å². The molecule has 0 radical (unpaired) electrons. The van der Waals surface area contributed by atoms with Gasteiger partial charge in [0, 0.05) is 12.1 Å². The summed E-state index contributed by atoms with van der Waals surface area (Å²) in [7, 11) is 1.72. The predicted octanol–water partition coefficient (Wildman–Crippen LogP) is 3.20. The Labute approximate surface area is 123 Å². The first-order valence-electron chi connectivity index (χ1n) is 7.70. The standard InChI is InChI=1S/C17H28N2O/c1-12(2)16-9-6-10-19(16)17(13(3)18)14-7-5-8-15(11-14)20-4/h5,7-8,11-13,16-17H,6,9-10,18H2,1-4H3. The third-order valence-electron chi connectivity index (χ3n) is 4.40. The number of methoxy groups -OCH3 is 1. The van der Waals surface area contributed by atoms with Gasteiger partial charge in [0.15, 0.2) is 0 Å². The molecule has 3 heteroatoms. The summed E-state index contributed by atoms with van der Waals surface area (Å²) in [5, 5.41) is 0. The second-order valence-corrected chi connectivity index (χ2v) is 6.27. The lowest BCUT2D eigenvalue weighted by Gasteiger charge is -2.37. The molecular weight excluding hydrogens is 248 g/mol. The van der Waals surface area contributed by atoms with Crippen LogP contribution in [0.5, 0.6) is 5.75 Å². The first kappa shape index (κ1) is 15.3. The van der Waals surface area contributed by atoms with Crippen LogP contribution in [0, 0.1) is 5.92 Å². The molecule has 1 saturated heterocycles. The van der Waals surface area contributed by atoms with Gasteiger partial charge in [0.2, 0.25) is 0 Å². The molecule has 3 atom stereocenters. The van der Waals surface area contributed by atoms with Crippen molar-refractivity contribution in [1.29, 1.82) is 0 Å². The highest BCUT2D eigenvalue weighted by molar-refractivity contribution is 5.31. The maximum atomic E-state index is 6.32. The Kier molecular flexibility index (Phi) is 5.06. The molecule has 1 aromatic carbocycles. The van der Waals surface area contributed by atoms with Crippen molar-refractivity contribution in [2.45, 2.75) is 51.7 Å². The van der Waals surface area contributed by atoms with E-state index in [1.54, 1.807) is 7.11 Å². The van der Waals surface area contributed by atoms with Gasteiger partial charge in [-0.3, -0.25) is 4.90 Å². The van der Waals surface area contributed by atoms with E-state index in [1.807, 2.05) is 6.07 Å². The van der Waals surface area contributed by atoms with Crippen LogP contribution in [0.4, 0.5) is 0 Å². The normalized spacial score (nSPS) is 23.0. The molecule has 1 heterocycles. The van der Waals surface area contributed by atoms with Gasteiger partial charge < -0.3 is 10.5 Å². The van der Waals surface area contributed by atoms with Gasteiger partial charge in [0.1, 0.15) is 5.75 Å². The quantitative estimate of drug-likeness (QED) is 0.897. The topological polar surface area (TPSA) is 38.5 Å². The molecule has 0 spiro atoms. The highest BCUT2D eigenvalue weighted by Gasteiger charge is 2.35. The Bertz CT molecular complexity index is 431. The van der Waals surface area contributed by atoms with Crippen molar-refractivity contribution in [3.63, 3.8) is 0 Å². The fourth-order valence-electron chi connectivity index (χ4n) is 3.50. The molecule has 1 aromatic rings. The molecular formula is C17H28N2O. The SMILES string of the molecule is COc1cccc(C(C(C)N)N2CCCC2C(C)C)c1. The summed E-state index contributed by atoms with van der Waals surface area (Å²) in [4.78, 5) is 2.60. The zero-order valence-electron chi connectivity index (χ0n) is 13.2. The van der Waals surface area contributed by atoms with Gasteiger partial charge in [0.25, 0.3) is 0 Å². The third kappa shape index (κ3) is 3.15. The molecule has 112 valence electrons. The molecule has 0 aliphatic carbocycles. The molecule has 1 aliphatic rings. The summed E-state index contributed by atoms with van der Waals surface area (Å²) in [6.45, 7) is 7.88. The first-order chi connectivity index (χ1) is 9.54. The summed E-state index contributed by atoms with van der Waals surface area (Å²) in [6, 6.07) is 9.38. The van der Waals surface area contributed by atoms with Crippen LogP contribution in [-0.4, -0.2) is 30.6 Å². The summed E-state index contributed by atoms with van der Waals surface area (Å²) >= 11 is 0. The fraction of sp³-hybridized carbons (Fsp3) is 0.647. The predicted molar refractivity (Wildman–Crippen MR) is 84.0 cm³/mol. The molecule has 0 bridgehead atoms. The van der Waals surface area contributed by atoms with Gasteiger partial charge in [-0.15, -0.1) is 0 Å². The Morgan fingerprint density at radius 3 is 2.65 bits per heavy atom. The minimum Gasteiger partial charge on any atom is -0.497 e. The minimum atomic E-state index is 0.112. The van der Waals surface area contributed by atoms with Gasteiger partial charge in [0.05, 0.1) is 13.2 Å². The van der Waals surface area contributed by atoms with Gasteiger partial charge in [-0.2, -0.15) is 0 Å². The van der Waals surface area contributed by atoms with Crippen LogP contribution < -0.4 is 10.5 Å². The smallest absolute Gasteiger partial charge is 0.119 e. The Hall–Kier alpha value is -1.06. The summed E-state index contributed by atoms with van der Waals surface area (Å²) in [6.07, 6.45) is 2.56. The number of ether oxygens (including phenoxy) is 1. The number of hydrogen-bond donors (Lipinski definition) is 1. The lowest BCUT2D eigenvalue weighted by atomic mass is 9.95. The minimum absolute atomic E-state index is 0.112. The highest BCUT2D eigenvalue weighted by atomic mass is 16.5. The third-order valence-corrected chi connectivity index (χ3v) is 4.40. The van der Waals surface area contributed by atoms with E-state index < -0.39 is 0 Å². The van der Waals surface area contributed by atoms with E-state index in [0.717, 1.165) is 12.3 Å². The van der Waals surface area contributed by atoms with E-state index in [0.29, 0.717) is 12.0 Å². The second kappa shape index (κ2) is 6.59. The van der Waals surface area contributed by atoms with Crippen LogP contribution in [0.1, 0.15) is 45.2 Å². The van der Waals surface area contributed by atoms with Crippen molar-refractivity contribution in [3.05, 3.63) is 29.8 Å². The molecule has 2 rings (SSSR count). The van der Waals surface area contributed by atoms with E-state index >= 15 is 0 Å². The average Bonchev–Trinajstić information content (AvgIpc) is 2.88. The first-order valence-corrected chi connectivity index (χ1v) is 7.70. The van der Waals surface area contributed by atoms with Crippen molar-refractivity contribution >= 4 is 0 Å². The number of likely N-dealkylation sites (tertiary alicyclic amines) is 1. The molecule has 0 saturated carbocycles. The molecule has 1 fully saturated rings. The average molecular weight is 276 g/mol. The zero-order valence-corrected chi connectivity index (χ0v) is 13.2. The molecule has 20 heavy (non-hydrogen) atoms. The molecule has 2 N–H and O–H groups in total. The van der Waals surface area contributed by atoms with E-state index in [-0.39, 0.29) is 12.1 Å². The van der Waals surface area contributed by atoms with Crippen LogP contribution in [0.25, 0.3) is 0 Å². The van der Waals surface area contributed by atoms with E-state index in [9.17, 15) is 0 Å². The number of benzene rings is 1. The summed E-state index contributed by atoms with van der Waals surface area (Å²) < 4.78 is 5.36. The Morgan fingerprint density at radius 1 is 1.30 bits per heavy atom. The molecule has 0 aromatic heterocycles. The van der Waals surface area contributed by atoms with Crippen LogP contribution in [0.15, 0.2) is 24.3 Å². The maximum absolute atomic E-state index is 6.32. The maximum Gasteiger partial charge on any atom is 0.119 e. The van der Waals surface area contributed by atoms with E-state index in [1.165, 1.54) is 18.4 Å². The molecule has 3 unspecified atom stereocenters. The van der Waals surface area contributed by atoms with Crippen LogP contribution in [0.2, 0.25) is 0 Å². The van der Waals surface area contributed by atoms with Crippen molar-refractivity contribution in [2.75, 3.05) is 13.7 Å². The molecule has 1 aliphatic heterocycles. The number of rotatable bonds is 5. The molecule has 0 amide bonds. The van der Waals surface area contributed by atoms with Gasteiger partial charge in [-0.1, -0.05) is 26.0 Å². The van der Waals surface area contributed by atoms with E-state index in [2.05, 4.69) is 43.9 Å². The monoisotopic (exact) mass is 276 g/mol. The summed E-state index contributed by atoms with van der Waals surface area (Å²) in [5.74, 6) is 1.58. The van der Waals surface area contributed by atoms with Crippen molar-refractivity contribution in [1.82, 2.24) is 4.90 Å². The number of nitrogens with two attached hydrogens (primary N) is 1. The Balaban J connectivity index is 2.30.